The molecule has 1 heterocycles. The van der Waals surface area contributed by atoms with Gasteiger partial charge in [-0.25, -0.2) is 17.8 Å². The number of aromatic amines is 1. The van der Waals surface area contributed by atoms with Crippen LogP contribution in [0.2, 0.25) is 0 Å². The first-order valence-corrected chi connectivity index (χ1v) is 7.99. The van der Waals surface area contributed by atoms with Crippen LogP contribution in [0.3, 0.4) is 0 Å². The molecule has 15 heteroatoms. The topological polar surface area (TPSA) is 71.3 Å². The third kappa shape index (κ3) is 6.48. The molecule has 0 amide bonds. The molecule has 0 fully saturated rings. The van der Waals surface area contributed by atoms with Crippen molar-refractivity contribution in [3.05, 3.63) is 30.6 Å². The first kappa shape index (κ1) is 25.4. The van der Waals surface area contributed by atoms with Gasteiger partial charge in [0, 0.05) is 18.6 Å². The van der Waals surface area contributed by atoms with Gasteiger partial charge in [-0.3, -0.25) is 0 Å². The number of H-pyrrole nitrogens is 1. The SMILES string of the molecule is O=S(=O)([O-])C(F)(F)C(F)(F)C(F)(F)C(F)CCC(F)(F)F.c1cc[nH+]cc1. The number of aromatic nitrogens is 1. The molecule has 1 unspecified atom stereocenters. The van der Waals surface area contributed by atoms with Crippen molar-refractivity contribution in [1.82, 2.24) is 0 Å². The Morgan fingerprint density at radius 2 is 1.33 bits per heavy atom. The highest BCUT2D eigenvalue weighted by Gasteiger charge is 2.77. The zero-order valence-corrected chi connectivity index (χ0v) is 13.6. The van der Waals surface area contributed by atoms with Crippen LogP contribution in [-0.2, 0) is 10.1 Å². The van der Waals surface area contributed by atoms with Gasteiger partial charge in [-0.15, -0.1) is 0 Å². The first-order chi connectivity index (χ1) is 11.9. The van der Waals surface area contributed by atoms with Gasteiger partial charge in [-0.1, -0.05) is 6.07 Å². The molecule has 0 aliphatic heterocycles. The summed E-state index contributed by atoms with van der Waals surface area (Å²) < 4.78 is 153. The Kier molecular flexibility index (Phi) is 8.06. The molecule has 0 saturated carbocycles. The van der Waals surface area contributed by atoms with E-state index in [0.717, 1.165) is 0 Å². The van der Waals surface area contributed by atoms with Gasteiger partial charge < -0.3 is 4.55 Å². The van der Waals surface area contributed by atoms with Crippen LogP contribution >= 0.6 is 0 Å². The summed E-state index contributed by atoms with van der Waals surface area (Å²) in [5.41, 5.74) is 0. The highest BCUT2D eigenvalue weighted by atomic mass is 32.2. The van der Waals surface area contributed by atoms with E-state index in [1.807, 2.05) is 30.6 Å². The van der Waals surface area contributed by atoms with Crippen LogP contribution in [0.5, 0.6) is 0 Å². The Morgan fingerprint density at radius 1 is 0.889 bits per heavy atom. The zero-order chi connectivity index (χ0) is 21.7. The molecule has 0 aliphatic rings. The highest BCUT2D eigenvalue weighted by Crippen LogP contribution is 2.51. The van der Waals surface area contributed by atoms with Crippen molar-refractivity contribution in [2.24, 2.45) is 0 Å². The predicted molar refractivity (Wildman–Crippen MR) is 67.7 cm³/mol. The third-order valence-electron chi connectivity index (χ3n) is 2.78. The van der Waals surface area contributed by atoms with Crippen molar-refractivity contribution >= 4 is 10.1 Å². The zero-order valence-electron chi connectivity index (χ0n) is 12.8. The monoisotopic (exact) mass is 439 g/mol. The van der Waals surface area contributed by atoms with Crippen LogP contribution in [0, 0.1) is 0 Å². The molecule has 158 valence electrons. The van der Waals surface area contributed by atoms with E-state index in [4.69, 9.17) is 0 Å². The molecule has 27 heavy (non-hydrogen) atoms. The fraction of sp³-hybridized carbons (Fsp3) is 0.583. The minimum Gasteiger partial charge on any atom is -0.743 e. The number of hydrogen-bond acceptors (Lipinski definition) is 3. The van der Waals surface area contributed by atoms with Gasteiger partial charge in [0.2, 0.25) is 0 Å². The minimum atomic E-state index is -7.32. The van der Waals surface area contributed by atoms with Gasteiger partial charge in [0.25, 0.3) is 0 Å². The summed E-state index contributed by atoms with van der Waals surface area (Å²) in [4.78, 5) is 2.89. The number of nitrogens with one attached hydrogen (secondary N) is 1. The summed E-state index contributed by atoms with van der Waals surface area (Å²) in [6.07, 6.45) is -10.6. The second-order valence-electron chi connectivity index (χ2n) is 4.87. The van der Waals surface area contributed by atoms with Crippen molar-refractivity contribution in [2.45, 2.75) is 42.3 Å². The van der Waals surface area contributed by atoms with E-state index in [-0.39, 0.29) is 0 Å². The van der Waals surface area contributed by atoms with Crippen LogP contribution in [0.4, 0.5) is 43.9 Å². The standard InChI is InChI=1S/C7H6F10O3S.C5H5N/c8-3(1-2-4(9,10)11)5(12,13)6(14,15)7(16,17)21(18,19)20;1-2-4-6-5-3-1/h3H,1-2H2,(H,18,19,20);1-5H. The average molecular weight is 439 g/mol. The van der Waals surface area contributed by atoms with Gasteiger partial charge in [-0.2, -0.15) is 39.5 Å². The van der Waals surface area contributed by atoms with E-state index < -0.39 is 52.4 Å². The molecule has 1 aromatic rings. The van der Waals surface area contributed by atoms with Crippen LogP contribution in [0.15, 0.2) is 30.6 Å². The molecule has 1 aromatic heterocycles. The molecule has 1 rings (SSSR count). The minimum absolute atomic E-state index is 1.88. The Balaban J connectivity index is 0.000000941. The van der Waals surface area contributed by atoms with Crippen LogP contribution < -0.4 is 4.98 Å². The van der Waals surface area contributed by atoms with Crippen LogP contribution in [0.1, 0.15) is 12.8 Å². The molecular weight excluding hydrogens is 428 g/mol. The third-order valence-corrected chi connectivity index (χ3v) is 3.66. The number of halogens is 10. The molecule has 1 N–H and O–H groups in total. The van der Waals surface area contributed by atoms with Gasteiger partial charge in [0.15, 0.2) is 28.7 Å². The lowest BCUT2D eigenvalue weighted by Crippen LogP contribution is -2.61. The average Bonchev–Trinajstić information content (AvgIpc) is 2.52. The van der Waals surface area contributed by atoms with Crippen molar-refractivity contribution in [3.8, 4) is 0 Å². The summed E-state index contributed by atoms with van der Waals surface area (Å²) in [7, 11) is -7.32. The summed E-state index contributed by atoms with van der Waals surface area (Å²) in [5.74, 6) is -13.6. The van der Waals surface area contributed by atoms with Crippen molar-refractivity contribution in [3.63, 3.8) is 0 Å². The fourth-order valence-electron chi connectivity index (χ4n) is 1.36. The van der Waals surface area contributed by atoms with Crippen molar-refractivity contribution in [1.29, 1.82) is 0 Å². The number of hydrogen-bond donors (Lipinski definition) is 0. The molecular formula is C12H11F10NO3S. The Morgan fingerprint density at radius 3 is 1.59 bits per heavy atom. The molecule has 4 nitrogen and oxygen atoms in total. The number of rotatable bonds is 6. The van der Waals surface area contributed by atoms with E-state index in [1.54, 1.807) is 0 Å². The smallest absolute Gasteiger partial charge is 0.402 e. The van der Waals surface area contributed by atoms with Crippen LogP contribution in [-0.4, -0.2) is 42.4 Å². The lowest BCUT2D eigenvalue weighted by molar-refractivity contribution is -0.377. The largest absolute Gasteiger partial charge is 0.743 e. The quantitative estimate of drug-likeness (QED) is 0.503. The second-order valence-corrected chi connectivity index (χ2v) is 6.29. The molecule has 0 bridgehead atoms. The van der Waals surface area contributed by atoms with Gasteiger partial charge in [-0.05, 0) is 6.42 Å². The van der Waals surface area contributed by atoms with E-state index in [2.05, 4.69) is 4.98 Å². The Labute approximate surface area is 145 Å². The summed E-state index contributed by atoms with van der Waals surface area (Å²) in [5, 5.41) is -6.91. The summed E-state index contributed by atoms with van der Waals surface area (Å²) >= 11 is 0. The summed E-state index contributed by atoms with van der Waals surface area (Å²) in [6.45, 7) is 0. The first-order valence-electron chi connectivity index (χ1n) is 6.58. The lowest BCUT2D eigenvalue weighted by Gasteiger charge is -2.35. The highest BCUT2D eigenvalue weighted by molar-refractivity contribution is 7.86. The maximum absolute atomic E-state index is 12.8. The predicted octanol–water partition coefficient (Wildman–Crippen LogP) is 3.58. The van der Waals surface area contributed by atoms with E-state index in [1.165, 1.54) is 0 Å². The molecule has 1 atom stereocenters. The summed E-state index contributed by atoms with van der Waals surface area (Å²) in [6, 6.07) is 5.86. The van der Waals surface area contributed by atoms with Gasteiger partial charge in [0.1, 0.15) is 0 Å². The molecule has 0 aromatic carbocycles. The maximum Gasteiger partial charge on any atom is 0.402 e. The number of pyridine rings is 1. The second kappa shape index (κ2) is 8.58. The van der Waals surface area contributed by atoms with E-state index in [0.29, 0.717) is 0 Å². The molecule has 0 aliphatic carbocycles. The molecule has 0 spiro atoms. The van der Waals surface area contributed by atoms with Crippen LogP contribution in [0.25, 0.3) is 0 Å². The fourth-order valence-corrected chi connectivity index (χ4v) is 1.81. The number of alkyl halides is 10. The lowest BCUT2D eigenvalue weighted by atomic mass is 10.0. The van der Waals surface area contributed by atoms with Gasteiger partial charge >= 0.3 is 23.3 Å². The molecule has 0 radical (unpaired) electrons. The van der Waals surface area contributed by atoms with Crippen molar-refractivity contribution in [2.75, 3.05) is 0 Å². The van der Waals surface area contributed by atoms with E-state index >= 15 is 0 Å². The Bertz CT molecular complexity index is 652. The molecule has 0 saturated heterocycles. The Hall–Kier alpha value is -1.64. The maximum atomic E-state index is 12.8. The normalized spacial score (nSPS) is 14.9. The van der Waals surface area contributed by atoms with Crippen molar-refractivity contribution < 1.29 is 61.9 Å². The van der Waals surface area contributed by atoms with E-state index in [9.17, 15) is 56.9 Å². The van der Waals surface area contributed by atoms with Gasteiger partial charge in [0.05, 0.1) is 0 Å².